The maximum Gasteiger partial charge on any atom is 0.303 e. The van der Waals surface area contributed by atoms with Crippen molar-refractivity contribution in [3.63, 3.8) is 0 Å². The summed E-state index contributed by atoms with van der Waals surface area (Å²) in [6.45, 7) is 5.03. The number of amides is 1. The van der Waals surface area contributed by atoms with Crippen molar-refractivity contribution < 1.29 is 14.7 Å². The first kappa shape index (κ1) is 18.2. The molecule has 1 aromatic carbocycles. The maximum atomic E-state index is 11.6. The Morgan fingerprint density at radius 2 is 1.68 bits per heavy atom. The van der Waals surface area contributed by atoms with E-state index in [9.17, 15) is 9.59 Å². The molecular formula is C18H27NO3. The van der Waals surface area contributed by atoms with Gasteiger partial charge in [0.05, 0.1) is 0 Å². The molecule has 0 radical (unpaired) electrons. The van der Waals surface area contributed by atoms with Crippen LogP contribution in [0, 0.1) is 0 Å². The van der Waals surface area contributed by atoms with E-state index in [2.05, 4.69) is 43.4 Å². The van der Waals surface area contributed by atoms with Gasteiger partial charge in [0.15, 0.2) is 0 Å². The number of carbonyl (C=O) groups is 2. The zero-order valence-electron chi connectivity index (χ0n) is 13.6. The summed E-state index contributed by atoms with van der Waals surface area (Å²) < 4.78 is 0. The Morgan fingerprint density at radius 1 is 1.05 bits per heavy atom. The number of carbonyl (C=O) groups excluding carboxylic acids is 1. The number of carboxylic acid groups (broad SMARTS) is 1. The third-order valence-electron chi connectivity index (χ3n) is 3.66. The Balaban J connectivity index is 2.11. The molecule has 0 unspecified atom stereocenters. The summed E-state index contributed by atoms with van der Waals surface area (Å²) in [5.74, 6) is -0.237. The van der Waals surface area contributed by atoms with Crippen LogP contribution in [0.2, 0.25) is 0 Å². The smallest absolute Gasteiger partial charge is 0.303 e. The van der Waals surface area contributed by atoms with Crippen LogP contribution >= 0.6 is 0 Å². The number of aryl methyl sites for hydroxylation is 1. The van der Waals surface area contributed by atoms with Crippen molar-refractivity contribution in [1.82, 2.24) is 5.32 Å². The van der Waals surface area contributed by atoms with E-state index in [1.807, 2.05) is 0 Å². The van der Waals surface area contributed by atoms with Gasteiger partial charge < -0.3 is 10.4 Å². The lowest BCUT2D eigenvalue weighted by atomic mass is 10.0. The van der Waals surface area contributed by atoms with Gasteiger partial charge >= 0.3 is 5.97 Å². The summed E-state index contributed by atoms with van der Waals surface area (Å²) in [5.41, 5.74) is 2.64. The van der Waals surface area contributed by atoms with Gasteiger partial charge in [-0.1, -0.05) is 38.1 Å². The summed E-state index contributed by atoms with van der Waals surface area (Å²) in [6.07, 6.45) is 3.62. The number of benzene rings is 1. The summed E-state index contributed by atoms with van der Waals surface area (Å²) in [6, 6.07) is 8.65. The van der Waals surface area contributed by atoms with Crippen LogP contribution in [-0.2, 0) is 16.0 Å². The van der Waals surface area contributed by atoms with E-state index in [0.717, 1.165) is 12.8 Å². The number of nitrogens with one attached hydrogen (secondary N) is 1. The number of aliphatic carboxylic acids is 1. The molecular weight excluding hydrogens is 278 g/mol. The molecule has 0 aliphatic rings. The van der Waals surface area contributed by atoms with Gasteiger partial charge in [0.25, 0.3) is 0 Å². The first-order valence-electron chi connectivity index (χ1n) is 8.06. The average molecular weight is 305 g/mol. The third kappa shape index (κ3) is 7.81. The van der Waals surface area contributed by atoms with E-state index >= 15 is 0 Å². The van der Waals surface area contributed by atoms with E-state index in [4.69, 9.17) is 5.11 Å². The van der Waals surface area contributed by atoms with Gasteiger partial charge in [-0.2, -0.15) is 0 Å². The molecule has 0 aliphatic carbocycles. The molecule has 4 heteroatoms. The molecule has 0 aliphatic heterocycles. The largest absolute Gasteiger partial charge is 0.481 e. The van der Waals surface area contributed by atoms with E-state index in [1.54, 1.807) is 0 Å². The second kappa shape index (κ2) is 9.98. The minimum atomic E-state index is -0.802. The molecule has 122 valence electrons. The lowest BCUT2D eigenvalue weighted by Crippen LogP contribution is -2.24. The van der Waals surface area contributed by atoms with Crippen molar-refractivity contribution in [3.05, 3.63) is 35.4 Å². The summed E-state index contributed by atoms with van der Waals surface area (Å²) in [5, 5.41) is 11.4. The minimum absolute atomic E-state index is 0.0144. The second-order valence-corrected chi connectivity index (χ2v) is 5.95. The van der Waals surface area contributed by atoms with E-state index in [-0.39, 0.29) is 12.3 Å². The van der Waals surface area contributed by atoms with Crippen LogP contribution in [0.15, 0.2) is 24.3 Å². The predicted molar refractivity (Wildman–Crippen MR) is 88.0 cm³/mol. The van der Waals surface area contributed by atoms with Crippen molar-refractivity contribution in [1.29, 1.82) is 0 Å². The summed E-state index contributed by atoms with van der Waals surface area (Å²) in [7, 11) is 0. The molecule has 0 saturated carbocycles. The van der Waals surface area contributed by atoms with Gasteiger partial charge in [-0.25, -0.2) is 0 Å². The monoisotopic (exact) mass is 305 g/mol. The maximum absolute atomic E-state index is 11.6. The van der Waals surface area contributed by atoms with E-state index in [1.165, 1.54) is 11.1 Å². The molecule has 1 rings (SSSR count). The fourth-order valence-electron chi connectivity index (χ4n) is 2.24. The zero-order valence-corrected chi connectivity index (χ0v) is 13.6. The fourth-order valence-corrected chi connectivity index (χ4v) is 2.24. The van der Waals surface area contributed by atoms with Crippen molar-refractivity contribution in [2.45, 2.75) is 58.3 Å². The highest BCUT2D eigenvalue weighted by Crippen LogP contribution is 2.15. The number of rotatable bonds is 10. The fraction of sp³-hybridized carbons (Fsp3) is 0.556. The molecule has 1 aromatic rings. The normalized spacial score (nSPS) is 10.7. The minimum Gasteiger partial charge on any atom is -0.481 e. The lowest BCUT2D eigenvalue weighted by Gasteiger charge is -2.08. The molecule has 0 aromatic heterocycles. The molecule has 0 fully saturated rings. The van der Waals surface area contributed by atoms with Gasteiger partial charge in [-0.05, 0) is 42.7 Å². The molecule has 2 N–H and O–H groups in total. The molecule has 0 heterocycles. The molecule has 4 nitrogen and oxygen atoms in total. The van der Waals surface area contributed by atoms with Crippen LogP contribution in [0.5, 0.6) is 0 Å². The molecule has 0 saturated heterocycles. The van der Waals surface area contributed by atoms with Crippen LogP contribution in [0.4, 0.5) is 0 Å². The predicted octanol–water partition coefficient (Wildman–Crippen LogP) is 3.50. The Hall–Kier alpha value is -1.84. The van der Waals surface area contributed by atoms with Crippen molar-refractivity contribution >= 4 is 11.9 Å². The van der Waals surface area contributed by atoms with Gasteiger partial charge in [-0.3, -0.25) is 9.59 Å². The summed E-state index contributed by atoms with van der Waals surface area (Å²) >= 11 is 0. The van der Waals surface area contributed by atoms with E-state index in [0.29, 0.717) is 31.7 Å². The third-order valence-corrected chi connectivity index (χ3v) is 3.66. The number of unbranched alkanes of at least 4 members (excludes halogenated alkanes) is 1. The highest BCUT2D eigenvalue weighted by molar-refractivity contribution is 5.75. The SMILES string of the molecule is CC(C)c1ccc(CCCNC(=O)CCCCC(=O)O)cc1. The molecule has 0 spiro atoms. The zero-order chi connectivity index (χ0) is 16.4. The molecule has 0 bridgehead atoms. The topological polar surface area (TPSA) is 66.4 Å². The van der Waals surface area contributed by atoms with Crippen LogP contribution < -0.4 is 5.32 Å². The van der Waals surface area contributed by atoms with Crippen molar-refractivity contribution in [3.8, 4) is 0 Å². The quantitative estimate of drug-likeness (QED) is 0.650. The first-order valence-corrected chi connectivity index (χ1v) is 8.06. The van der Waals surface area contributed by atoms with Crippen molar-refractivity contribution in [2.24, 2.45) is 0 Å². The Bertz CT molecular complexity index is 466. The van der Waals surface area contributed by atoms with Crippen LogP contribution in [0.3, 0.4) is 0 Å². The van der Waals surface area contributed by atoms with Crippen molar-refractivity contribution in [2.75, 3.05) is 6.54 Å². The second-order valence-electron chi connectivity index (χ2n) is 5.95. The average Bonchev–Trinajstić information content (AvgIpc) is 2.48. The van der Waals surface area contributed by atoms with Gasteiger partial charge in [0.2, 0.25) is 5.91 Å². The standard InChI is InChI=1S/C18H27NO3/c1-14(2)16-11-9-15(10-12-16)6-5-13-19-17(20)7-3-4-8-18(21)22/h9-12,14H,3-8,13H2,1-2H3,(H,19,20)(H,21,22). The Kier molecular flexibility index (Phi) is 8.26. The van der Waals surface area contributed by atoms with Gasteiger partial charge in [0, 0.05) is 19.4 Å². The molecule has 22 heavy (non-hydrogen) atoms. The Labute approximate surface area is 132 Å². The summed E-state index contributed by atoms with van der Waals surface area (Å²) in [4.78, 5) is 21.9. The van der Waals surface area contributed by atoms with Crippen LogP contribution in [-0.4, -0.2) is 23.5 Å². The number of hydrogen-bond acceptors (Lipinski definition) is 2. The molecule has 1 amide bonds. The highest BCUT2D eigenvalue weighted by Gasteiger charge is 2.03. The first-order chi connectivity index (χ1) is 10.5. The van der Waals surface area contributed by atoms with Crippen LogP contribution in [0.25, 0.3) is 0 Å². The highest BCUT2D eigenvalue weighted by atomic mass is 16.4. The number of hydrogen-bond donors (Lipinski definition) is 2. The van der Waals surface area contributed by atoms with Gasteiger partial charge in [0.1, 0.15) is 0 Å². The number of carboxylic acids is 1. The van der Waals surface area contributed by atoms with E-state index < -0.39 is 5.97 Å². The lowest BCUT2D eigenvalue weighted by molar-refractivity contribution is -0.137. The van der Waals surface area contributed by atoms with Crippen LogP contribution in [0.1, 0.15) is 63.0 Å². The Morgan fingerprint density at radius 3 is 2.27 bits per heavy atom. The molecule has 0 atom stereocenters. The van der Waals surface area contributed by atoms with Gasteiger partial charge in [-0.15, -0.1) is 0 Å².